The third-order valence-electron chi connectivity index (χ3n) is 2.56. The number of hydrogen-bond acceptors (Lipinski definition) is 6. The van der Waals surface area contributed by atoms with Crippen LogP contribution in [0.25, 0.3) is 0 Å². The minimum atomic E-state index is -1.07. The van der Waals surface area contributed by atoms with Gasteiger partial charge in [0.15, 0.2) is 0 Å². The Morgan fingerprint density at radius 1 is 1.65 bits per heavy atom. The summed E-state index contributed by atoms with van der Waals surface area (Å²) >= 11 is 0.986. The van der Waals surface area contributed by atoms with Crippen LogP contribution < -0.4 is 4.74 Å². The largest absolute Gasteiger partial charge is 0.477 e. The van der Waals surface area contributed by atoms with Crippen LogP contribution in [0.15, 0.2) is 11.4 Å². The molecular formula is C11H11N3O5S. The molecule has 0 unspecified atom stereocenters. The van der Waals surface area contributed by atoms with Crippen molar-refractivity contribution in [3.05, 3.63) is 32.1 Å². The Bertz CT molecular complexity index is 676. The number of nitrogens with zero attached hydrogens (tertiary/aromatic N) is 3. The van der Waals surface area contributed by atoms with Gasteiger partial charge in [-0.25, -0.2) is 9.48 Å². The highest BCUT2D eigenvalue weighted by atomic mass is 32.1. The molecule has 2 heterocycles. The molecule has 20 heavy (non-hydrogen) atoms. The summed E-state index contributed by atoms with van der Waals surface area (Å²) in [5, 5.41) is 25.4. The van der Waals surface area contributed by atoms with Gasteiger partial charge in [0.25, 0.3) is 5.88 Å². The van der Waals surface area contributed by atoms with E-state index in [1.54, 1.807) is 6.92 Å². The molecule has 0 atom stereocenters. The summed E-state index contributed by atoms with van der Waals surface area (Å²) in [4.78, 5) is 21.4. The van der Waals surface area contributed by atoms with Crippen molar-refractivity contribution >= 4 is 23.0 Å². The standard InChI is InChI=1S/C11H11N3O5S/c1-3-7-9(14(17)18)10(13(2)12-7)19-6-4-8(11(15)16)20-5-6/h4-5H,3H2,1-2H3,(H,15,16). The second kappa shape index (κ2) is 5.29. The predicted octanol–water partition coefficient (Wildman–Crippen LogP) is 2.44. The molecule has 0 bridgehead atoms. The normalized spacial score (nSPS) is 10.5. The lowest BCUT2D eigenvalue weighted by Gasteiger charge is -2.02. The Hall–Kier alpha value is -2.42. The lowest BCUT2D eigenvalue weighted by atomic mass is 10.3. The van der Waals surface area contributed by atoms with Crippen LogP contribution in [0.2, 0.25) is 0 Å². The van der Waals surface area contributed by atoms with Gasteiger partial charge in [-0.3, -0.25) is 10.1 Å². The van der Waals surface area contributed by atoms with Crippen molar-refractivity contribution in [2.75, 3.05) is 0 Å². The van der Waals surface area contributed by atoms with E-state index in [0.29, 0.717) is 12.1 Å². The van der Waals surface area contributed by atoms with Crippen LogP contribution in [0.3, 0.4) is 0 Å². The number of aromatic carboxylic acids is 1. The molecule has 0 aliphatic rings. The molecule has 2 aromatic rings. The number of aryl methyl sites for hydroxylation is 2. The van der Waals surface area contributed by atoms with Gasteiger partial charge in [-0.1, -0.05) is 6.92 Å². The Labute approximate surface area is 117 Å². The van der Waals surface area contributed by atoms with Gasteiger partial charge in [0.2, 0.25) is 0 Å². The molecule has 2 rings (SSSR count). The number of rotatable bonds is 5. The van der Waals surface area contributed by atoms with E-state index in [4.69, 9.17) is 9.84 Å². The lowest BCUT2D eigenvalue weighted by molar-refractivity contribution is -0.386. The first-order chi connectivity index (χ1) is 9.43. The Balaban J connectivity index is 2.39. The van der Waals surface area contributed by atoms with Gasteiger partial charge in [0.05, 0.1) is 4.92 Å². The van der Waals surface area contributed by atoms with Gasteiger partial charge in [-0.2, -0.15) is 5.10 Å². The second-order valence-corrected chi connectivity index (χ2v) is 4.80. The Morgan fingerprint density at radius 2 is 2.35 bits per heavy atom. The summed E-state index contributed by atoms with van der Waals surface area (Å²) in [5.74, 6) is -0.846. The van der Waals surface area contributed by atoms with E-state index in [2.05, 4.69) is 5.10 Å². The second-order valence-electron chi connectivity index (χ2n) is 3.89. The molecule has 0 saturated carbocycles. The zero-order valence-corrected chi connectivity index (χ0v) is 11.5. The monoisotopic (exact) mass is 297 g/mol. The fraction of sp³-hybridized carbons (Fsp3) is 0.273. The number of hydrogen-bond donors (Lipinski definition) is 1. The van der Waals surface area contributed by atoms with Crippen LogP contribution in [0.1, 0.15) is 22.3 Å². The zero-order valence-electron chi connectivity index (χ0n) is 10.7. The van der Waals surface area contributed by atoms with E-state index in [-0.39, 0.29) is 22.2 Å². The quantitative estimate of drug-likeness (QED) is 0.670. The maximum Gasteiger partial charge on any atom is 0.353 e. The third-order valence-corrected chi connectivity index (χ3v) is 3.46. The van der Waals surface area contributed by atoms with Gasteiger partial charge < -0.3 is 9.84 Å². The van der Waals surface area contributed by atoms with E-state index in [0.717, 1.165) is 11.3 Å². The molecule has 0 aliphatic carbocycles. The van der Waals surface area contributed by atoms with Crippen LogP contribution in [0.5, 0.6) is 11.6 Å². The smallest absolute Gasteiger partial charge is 0.353 e. The molecule has 0 aliphatic heterocycles. The van der Waals surface area contributed by atoms with Crippen molar-refractivity contribution in [2.24, 2.45) is 7.05 Å². The van der Waals surface area contributed by atoms with Crippen molar-refractivity contribution in [1.29, 1.82) is 0 Å². The minimum absolute atomic E-state index is 0.0124. The van der Waals surface area contributed by atoms with Crippen LogP contribution in [0.4, 0.5) is 5.69 Å². The first-order valence-electron chi connectivity index (χ1n) is 5.64. The molecule has 1 N–H and O–H groups in total. The van der Waals surface area contributed by atoms with Gasteiger partial charge >= 0.3 is 11.7 Å². The fourth-order valence-corrected chi connectivity index (χ4v) is 2.33. The zero-order chi connectivity index (χ0) is 14.9. The number of carbonyl (C=O) groups is 1. The molecule has 106 valence electrons. The third kappa shape index (κ3) is 2.48. The predicted molar refractivity (Wildman–Crippen MR) is 70.6 cm³/mol. The molecule has 0 aromatic carbocycles. The number of carboxylic acid groups (broad SMARTS) is 1. The first-order valence-corrected chi connectivity index (χ1v) is 6.52. The van der Waals surface area contributed by atoms with Crippen molar-refractivity contribution in [3.8, 4) is 11.6 Å². The van der Waals surface area contributed by atoms with Crippen LogP contribution >= 0.6 is 11.3 Å². The van der Waals surface area contributed by atoms with Crippen molar-refractivity contribution < 1.29 is 19.6 Å². The molecule has 0 spiro atoms. The lowest BCUT2D eigenvalue weighted by Crippen LogP contribution is -1.97. The molecule has 9 heteroatoms. The average molecular weight is 297 g/mol. The van der Waals surface area contributed by atoms with Gasteiger partial charge in [0, 0.05) is 18.5 Å². The van der Waals surface area contributed by atoms with E-state index in [9.17, 15) is 14.9 Å². The van der Waals surface area contributed by atoms with Gasteiger partial charge in [-0.05, 0) is 6.42 Å². The summed E-state index contributed by atoms with van der Waals surface area (Å²) in [5.41, 5.74) is 0.124. The molecule has 8 nitrogen and oxygen atoms in total. The van der Waals surface area contributed by atoms with Crippen LogP contribution in [-0.4, -0.2) is 25.8 Å². The highest BCUT2D eigenvalue weighted by Crippen LogP contribution is 2.35. The minimum Gasteiger partial charge on any atom is -0.477 e. The fourth-order valence-electron chi connectivity index (χ4n) is 1.68. The molecule has 2 aromatic heterocycles. The van der Waals surface area contributed by atoms with E-state index >= 15 is 0 Å². The average Bonchev–Trinajstić information content (AvgIpc) is 2.95. The van der Waals surface area contributed by atoms with Crippen molar-refractivity contribution in [2.45, 2.75) is 13.3 Å². The molecule has 0 amide bonds. The van der Waals surface area contributed by atoms with E-state index < -0.39 is 10.9 Å². The van der Waals surface area contributed by atoms with Crippen molar-refractivity contribution in [3.63, 3.8) is 0 Å². The van der Waals surface area contributed by atoms with Gasteiger partial charge in [0.1, 0.15) is 16.3 Å². The van der Waals surface area contributed by atoms with Crippen LogP contribution in [0, 0.1) is 10.1 Å². The number of ether oxygens (including phenoxy) is 1. The number of nitro groups is 1. The summed E-state index contributed by atoms with van der Waals surface area (Å²) in [7, 11) is 1.53. The first kappa shape index (κ1) is 14.0. The highest BCUT2D eigenvalue weighted by Gasteiger charge is 2.28. The summed E-state index contributed by atoms with van der Waals surface area (Å²) in [6.07, 6.45) is 0.400. The maximum atomic E-state index is 11.1. The summed E-state index contributed by atoms with van der Waals surface area (Å²) in [6.45, 7) is 1.76. The highest BCUT2D eigenvalue weighted by molar-refractivity contribution is 7.12. The number of aromatic nitrogens is 2. The van der Waals surface area contributed by atoms with Crippen molar-refractivity contribution in [1.82, 2.24) is 9.78 Å². The molecule has 0 saturated heterocycles. The van der Waals surface area contributed by atoms with Crippen LogP contribution in [-0.2, 0) is 13.5 Å². The number of thiophene rings is 1. The van der Waals surface area contributed by atoms with E-state index in [1.807, 2.05) is 0 Å². The Kier molecular flexibility index (Phi) is 3.70. The molecule has 0 radical (unpaired) electrons. The summed E-state index contributed by atoms with van der Waals surface area (Å²) in [6, 6.07) is 1.31. The summed E-state index contributed by atoms with van der Waals surface area (Å²) < 4.78 is 6.69. The topological polar surface area (TPSA) is 107 Å². The SMILES string of the molecule is CCc1nn(C)c(Oc2csc(C(=O)O)c2)c1[N+](=O)[O-]. The Morgan fingerprint density at radius 3 is 2.85 bits per heavy atom. The number of carboxylic acids is 1. The maximum absolute atomic E-state index is 11.1. The van der Waals surface area contributed by atoms with E-state index in [1.165, 1.54) is 23.2 Å². The molecule has 0 fully saturated rings. The van der Waals surface area contributed by atoms with Gasteiger partial charge in [-0.15, -0.1) is 11.3 Å². The molecular weight excluding hydrogens is 286 g/mol.